The molecule has 0 unspecified atom stereocenters. The molecule has 74 valence electrons. The summed E-state index contributed by atoms with van der Waals surface area (Å²) in [4.78, 5) is 0. The molecule has 0 bridgehead atoms. The van der Waals surface area contributed by atoms with E-state index in [-0.39, 0.29) is 0 Å². The van der Waals surface area contributed by atoms with Gasteiger partial charge in [-0.25, -0.2) is 4.68 Å². The van der Waals surface area contributed by atoms with Crippen LogP contribution in [-0.2, 0) is 6.42 Å². The van der Waals surface area contributed by atoms with Crippen LogP contribution in [0.5, 0.6) is 0 Å². The van der Waals surface area contributed by atoms with Crippen LogP contribution in [0.2, 0.25) is 0 Å². The van der Waals surface area contributed by atoms with Crippen molar-refractivity contribution in [2.24, 2.45) is 0 Å². The first kappa shape index (κ1) is 9.47. The molecule has 0 fully saturated rings. The fourth-order valence-corrected chi connectivity index (χ4v) is 1.48. The van der Waals surface area contributed by atoms with Gasteiger partial charge in [0.05, 0.1) is 16.9 Å². The van der Waals surface area contributed by atoms with Gasteiger partial charge in [-0.1, -0.05) is 25.1 Å². The summed E-state index contributed by atoms with van der Waals surface area (Å²) in [5.41, 5.74) is 2.48. The fraction of sp³-hybridized carbons (Fsp3) is 0.167. The Balaban J connectivity index is 2.48. The van der Waals surface area contributed by atoms with E-state index in [0.717, 1.165) is 17.8 Å². The molecule has 0 spiro atoms. The highest BCUT2D eigenvalue weighted by atomic mass is 15.3. The number of rotatable bonds is 2. The van der Waals surface area contributed by atoms with Crippen LogP contribution in [0.25, 0.3) is 5.69 Å². The Morgan fingerprint density at radius 3 is 2.60 bits per heavy atom. The van der Waals surface area contributed by atoms with E-state index in [0.29, 0.717) is 5.56 Å². The second-order valence-electron chi connectivity index (χ2n) is 3.23. The first-order valence-electron chi connectivity index (χ1n) is 4.89. The number of aryl methyl sites for hydroxylation is 1. The number of aromatic nitrogens is 2. The van der Waals surface area contributed by atoms with E-state index >= 15 is 0 Å². The molecule has 0 saturated heterocycles. The zero-order chi connectivity index (χ0) is 10.7. The molecule has 2 rings (SSSR count). The molecule has 1 aromatic carbocycles. The Hall–Kier alpha value is -2.08. The molecule has 3 nitrogen and oxygen atoms in total. The lowest BCUT2D eigenvalue weighted by Gasteiger charge is -1.98. The van der Waals surface area contributed by atoms with Crippen LogP contribution < -0.4 is 0 Å². The molecule has 0 saturated carbocycles. The van der Waals surface area contributed by atoms with E-state index in [9.17, 15) is 0 Å². The van der Waals surface area contributed by atoms with Gasteiger partial charge in [-0.2, -0.15) is 10.4 Å². The molecule has 0 atom stereocenters. The predicted octanol–water partition coefficient (Wildman–Crippen LogP) is 2.31. The van der Waals surface area contributed by atoms with Gasteiger partial charge < -0.3 is 0 Å². The van der Waals surface area contributed by atoms with Crippen molar-refractivity contribution in [1.82, 2.24) is 9.78 Å². The van der Waals surface area contributed by atoms with Gasteiger partial charge in [-0.05, 0) is 18.6 Å². The summed E-state index contributed by atoms with van der Waals surface area (Å²) in [6.07, 6.45) is 2.55. The van der Waals surface area contributed by atoms with Crippen molar-refractivity contribution < 1.29 is 0 Å². The average molecular weight is 197 g/mol. The smallest absolute Gasteiger partial charge is 0.103 e. The van der Waals surface area contributed by atoms with Crippen molar-refractivity contribution in [3.05, 3.63) is 47.8 Å². The molecule has 2 aromatic rings. The molecule has 0 amide bonds. The summed E-state index contributed by atoms with van der Waals surface area (Å²) >= 11 is 0. The van der Waals surface area contributed by atoms with Gasteiger partial charge in [0, 0.05) is 6.20 Å². The highest BCUT2D eigenvalue weighted by molar-refractivity contribution is 5.37. The molecule has 0 aliphatic rings. The third-order valence-electron chi connectivity index (χ3n) is 2.27. The van der Waals surface area contributed by atoms with Crippen molar-refractivity contribution in [2.45, 2.75) is 13.3 Å². The van der Waals surface area contributed by atoms with Crippen molar-refractivity contribution >= 4 is 0 Å². The van der Waals surface area contributed by atoms with Crippen molar-refractivity contribution in [3.8, 4) is 11.8 Å². The number of hydrogen-bond donors (Lipinski definition) is 0. The topological polar surface area (TPSA) is 41.6 Å². The average Bonchev–Trinajstić information content (AvgIpc) is 2.73. The van der Waals surface area contributed by atoms with Gasteiger partial charge in [-0.15, -0.1) is 0 Å². The molecule has 0 radical (unpaired) electrons. The van der Waals surface area contributed by atoms with E-state index in [1.165, 1.54) is 0 Å². The summed E-state index contributed by atoms with van der Waals surface area (Å²) < 4.78 is 1.75. The van der Waals surface area contributed by atoms with E-state index in [1.54, 1.807) is 10.9 Å². The van der Waals surface area contributed by atoms with Crippen LogP contribution in [0.4, 0.5) is 0 Å². The van der Waals surface area contributed by atoms with Crippen LogP contribution in [0, 0.1) is 11.3 Å². The predicted molar refractivity (Wildman–Crippen MR) is 57.7 cm³/mol. The molecular weight excluding hydrogens is 186 g/mol. The number of nitriles is 1. The van der Waals surface area contributed by atoms with Gasteiger partial charge in [0.2, 0.25) is 0 Å². The molecule has 0 aliphatic carbocycles. The largest absolute Gasteiger partial charge is 0.239 e. The van der Waals surface area contributed by atoms with Gasteiger partial charge in [0.25, 0.3) is 0 Å². The lowest BCUT2D eigenvalue weighted by atomic mass is 10.2. The fourth-order valence-electron chi connectivity index (χ4n) is 1.48. The van der Waals surface area contributed by atoms with Crippen LogP contribution in [0.3, 0.4) is 0 Å². The van der Waals surface area contributed by atoms with Gasteiger partial charge in [0.15, 0.2) is 0 Å². The maximum Gasteiger partial charge on any atom is 0.103 e. The molecule has 0 aliphatic heterocycles. The summed E-state index contributed by atoms with van der Waals surface area (Å²) in [6.45, 7) is 2.00. The number of para-hydroxylation sites is 1. The maximum atomic E-state index is 8.91. The quantitative estimate of drug-likeness (QED) is 0.741. The summed E-state index contributed by atoms with van der Waals surface area (Å²) in [6, 6.07) is 11.9. The highest BCUT2D eigenvalue weighted by Crippen LogP contribution is 2.11. The molecule has 1 heterocycles. The lowest BCUT2D eigenvalue weighted by Crippen LogP contribution is -1.94. The molecule has 1 aromatic heterocycles. The van der Waals surface area contributed by atoms with Crippen molar-refractivity contribution in [3.63, 3.8) is 0 Å². The van der Waals surface area contributed by atoms with E-state index in [4.69, 9.17) is 5.26 Å². The van der Waals surface area contributed by atoms with Gasteiger partial charge >= 0.3 is 0 Å². The number of hydrogen-bond acceptors (Lipinski definition) is 2. The van der Waals surface area contributed by atoms with Crippen LogP contribution in [0.15, 0.2) is 36.5 Å². The number of benzene rings is 1. The second kappa shape index (κ2) is 3.97. The van der Waals surface area contributed by atoms with Crippen molar-refractivity contribution in [2.75, 3.05) is 0 Å². The van der Waals surface area contributed by atoms with Crippen LogP contribution in [-0.4, -0.2) is 9.78 Å². The highest BCUT2D eigenvalue weighted by Gasteiger charge is 2.06. The SMILES string of the molecule is CCc1nn(-c2ccccc2)cc1C#N. The maximum absolute atomic E-state index is 8.91. The van der Waals surface area contributed by atoms with E-state index < -0.39 is 0 Å². The Bertz CT molecular complexity index is 491. The first-order valence-corrected chi connectivity index (χ1v) is 4.89. The van der Waals surface area contributed by atoms with Crippen LogP contribution in [0.1, 0.15) is 18.2 Å². The lowest BCUT2D eigenvalue weighted by molar-refractivity contribution is 0.841. The first-order chi connectivity index (χ1) is 7.35. The molecule has 0 N–H and O–H groups in total. The van der Waals surface area contributed by atoms with Gasteiger partial charge in [0.1, 0.15) is 6.07 Å². The molecule has 15 heavy (non-hydrogen) atoms. The Kier molecular flexibility index (Phi) is 2.51. The summed E-state index contributed by atoms with van der Waals surface area (Å²) in [7, 11) is 0. The second-order valence-corrected chi connectivity index (χ2v) is 3.23. The third kappa shape index (κ3) is 1.75. The minimum absolute atomic E-state index is 0.654. The standard InChI is InChI=1S/C12H11N3/c1-2-12-10(8-13)9-15(14-12)11-6-4-3-5-7-11/h3-7,9H,2H2,1H3. The Morgan fingerprint density at radius 2 is 2.07 bits per heavy atom. The van der Waals surface area contributed by atoms with Gasteiger partial charge in [-0.3, -0.25) is 0 Å². The van der Waals surface area contributed by atoms with Crippen LogP contribution >= 0.6 is 0 Å². The summed E-state index contributed by atoms with van der Waals surface area (Å²) in [5.74, 6) is 0. The monoisotopic (exact) mass is 197 g/mol. The minimum Gasteiger partial charge on any atom is -0.239 e. The minimum atomic E-state index is 0.654. The molecule has 3 heteroatoms. The van der Waals surface area contributed by atoms with E-state index in [2.05, 4.69) is 11.2 Å². The molecular formula is C12H11N3. The van der Waals surface area contributed by atoms with Crippen molar-refractivity contribution in [1.29, 1.82) is 5.26 Å². The Morgan fingerprint density at radius 1 is 1.33 bits per heavy atom. The van der Waals surface area contributed by atoms with E-state index in [1.807, 2.05) is 37.3 Å². The zero-order valence-corrected chi connectivity index (χ0v) is 8.51. The normalized spacial score (nSPS) is 9.87. The number of nitrogens with zero attached hydrogens (tertiary/aromatic N) is 3. The summed E-state index contributed by atoms with van der Waals surface area (Å²) in [5, 5.41) is 13.3. The Labute approximate surface area is 88.6 Å². The zero-order valence-electron chi connectivity index (χ0n) is 8.51. The third-order valence-corrected chi connectivity index (χ3v) is 2.27.